The zero-order valence-corrected chi connectivity index (χ0v) is 13.3. The summed E-state index contributed by atoms with van der Waals surface area (Å²) in [5.74, 6) is 0.103. The van der Waals surface area contributed by atoms with E-state index in [4.69, 9.17) is 0 Å². The molecule has 1 saturated heterocycles. The number of carboxylic acids is 1. The number of hydrogen-bond donors (Lipinski definition) is 1. The van der Waals surface area contributed by atoms with E-state index < -0.39 is 12.0 Å². The van der Waals surface area contributed by atoms with Gasteiger partial charge in [-0.25, -0.2) is 4.79 Å². The van der Waals surface area contributed by atoms with E-state index in [0.29, 0.717) is 17.2 Å². The Morgan fingerprint density at radius 1 is 1.48 bits per heavy atom. The van der Waals surface area contributed by atoms with Crippen molar-refractivity contribution in [2.45, 2.75) is 13.0 Å². The number of carbonyl (C=O) groups is 2. The van der Waals surface area contributed by atoms with Gasteiger partial charge in [0.2, 0.25) is 0 Å². The fourth-order valence-electron chi connectivity index (χ4n) is 2.50. The molecule has 3 heterocycles. The zero-order valence-electron chi connectivity index (χ0n) is 11.7. The third-order valence-electron chi connectivity index (χ3n) is 3.58. The maximum atomic E-state index is 12.6. The molecular weight excluding hydrogens is 310 g/mol. The minimum absolute atomic E-state index is 0.191. The van der Waals surface area contributed by atoms with Crippen LogP contribution in [-0.4, -0.2) is 55.8 Å². The van der Waals surface area contributed by atoms with Gasteiger partial charge in [0, 0.05) is 30.5 Å². The van der Waals surface area contributed by atoms with Gasteiger partial charge in [0.05, 0.1) is 10.6 Å². The highest BCUT2D eigenvalue weighted by Crippen LogP contribution is 2.30. The van der Waals surface area contributed by atoms with Crippen molar-refractivity contribution in [2.75, 3.05) is 18.1 Å². The lowest BCUT2D eigenvalue weighted by Crippen LogP contribution is -2.50. The monoisotopic (exact) mass is 325 g/mol. The fraction of sp³-hybridized carbons (Fsp3) is 0.462. The van der Waals surface area contributed by atoms with Gasteiger partial charge in [-0.05, 0) is 13.0 Å². The van der Waals surface area contributed by atoms with Crippen LogP contribution in [0, 0.1) is 6.92 Å². The van der Waals surface area contributed by atoms with Crippen LogP contribution in [0.5, 0.6) is 0 Å². The lowest BCUT2D eigenvalue weighted by Gasteiger charge is -2.32. The smallest absolute Gasteiger partial charge is 0.327 e. The largest absolute Gasteiger partial charge is 0.480 e. The van der Waals surface area contributed by atoms with Crippen molar-refractivity contribution in [3.05, 3.63) is 16.6 Å². The van der Waals surface area contributed by atoms with Gasteiger partial charge in [0.25, 0.3) is 5.91 Å². The second-order valence-electron chi connectivity index (χ2n) is 4.97. The molecule has 1 aliphatic rings. The molecule has 3 rings (SSSR count). The Morgan fingerprint density at radius 3 is 2.90 bits per heavy atom. The van der Waals surface area contributed by atoms with Crippen molar-refractivity contribution in [3.63, 3.8) is 0 Å². The molecular formula is C13H15N3O3S2. The third-order valence-corrected chi connectivity index (χ3v) is 5.79. The van der Waals surface area contributed by atoms with Crippen molar-refractivity contribution >= 4 is 45.2 Å². The minimum atomic E-state index is -0.936. The number of carbonyl (C=O) groups excluding carboxylic acids is 1. The second-order valence-corrected chi connectivity index (χ2v) is 7.15. The number of thiophene rings is 1. The van der Waals surface area contributed by atoms with Crippen LogP contribution in [0.1, 0.15) is 15.4 Å². The molecule has 1 aliphatic heterocycles. The number of carboxylic acid groups (broad SMARTS) is 1. The Morgan fingerprint density at radius 2 is 2.24 bits per heavy atom. The van der Waals surface area contributed by atoms with Crippen molar-refractivity contribution in [2.24, 2.45) is 7.05 Å². The lowest BCUT2D eigenvalue weighted by atomic mass is 10.2. The number of nitrogens with zero attached hydrogens (tertiary/aromatic N) is 3. The Hall–Kier alpha value is -1.54. The second kappa shape index (κ2) is 5.34. The molecule has 0 radical (unpaired) electrons. The molecule has 1 fully saturated rings. The first-order chi connectivity index (χ1) is 9.99. The number of aliphatic carboxylic acids is 1. The molecule has 1 amide bonds. The van der Waals surface area contributed by atoms with Gasteiger partial charge in [0.15, 0.2) is 0 Å². The average Bonchev–Trinajstić information content (AvgIpc) is 3.01. The molecule has 0 aromatic carbocycles. The van der Waals surface area contributed by atoms with Gasteiger partial charge in [-0.2, -0.15) is 16.9 Å². The number of fused-ring (bicyclic) bond motifs is 1. The zero-order chi connectivity index (χ0) is 15.1. The minimum Gasteiger partial charge on any atom is -0.480 e. The van der Waals surface area contributed by atoms with Crippen molar-refractivity contribution in [1.82, 2.24) is 14.7 Å². The number of rotatable bonds is 2. The van der Waals surface area contributed by atoms with Crippen LogP contribution >= 0.6 is 23.1 Å². The first kappa shape index (κ1) is 14.4. The standard InChI is InChI=1S/C13H15N3O3S2/c1-7-8-5-10(21-12(8)15(2)14-7)11(17)16-3-4-20-6-9(16)13(18)19/h5,9H,3-4,6H2,1-2H3,(H,18,19). The summed E-state index contributed by atoms with van der Waals surface area (Å²) in [6, 6.07) is 1.09. The molecule has 1 N–H and O–H groups in total. The number of hydrogen-bond acceptors (Lipinski definition) is 5. The van der Waals surface area contributed by atoms with Gasteiger partial charge < -0.3 is 10.0 Å². The van der Waals surface area contributed by atoms with Gasteiger partial charge >= 0.3 is 5.97 Å². The van der Waals surface area contributed by atoms with Crippen molar-refractivity contribution in [1.29, 1.82) is 0 Å². The molecule has 0 spiro atoms. The Balaban J connectivity index is 1.95. The molecule has 8 heteroatoms. The number of thioether (sulfide) groups is 1. The summed E-state index contributed by atoms with van der Waals surface area (Å²) in [6.07, 6.45) is 0. The molecule has 0 saturated carbocycles. The Labute approximate surface area is 129 Å². The van der Waals surface area contributed by atoms with Gasteiger partial charge in [-0.1, -0.05) is 0 Å². The molecule has 2 aromatic rings. The molecule has 2 aromatic heterocycles. The maximum absolute atomic E-state index is 12.6. The van der Waals surface area contributed by atoms with E-state index in [1.807, 2.05) is 20.0 Å². The third kappa shape index (κ3) is 2.42. The summed E-state index contributed by atoms with van der Waals surface area (Å²) in [4.78, 5) is 27.0. The van der Waals surface area contributed by atoms with Crippen molar-refractivity contribution in [3.8, 4) is 0 Å². The number of aromatic nitrogens is 2. The van der Waals surface area contributed by atoms with Gasteiger partial charge in [-0.15, -0.1) is 11.3 Å². The highest BCUT2D eigenvalue weighted by molar-refractivity contribution is 7.99. The lowest BCUT2D eigenvalue weighted by molar-refractivity contribution is -0.141. The van der Waals surface area contributed by atoms with E-state index in [-0.39, 0.29) is 5.91 Å². The summed E-state index contributed by atoms with van der Waals surface area (Å²) in [7, 11) is 1.84. The first-order valence-corrected chi connectivity index (χ1v) is 8.51. The van der Waals surface area contributed by atoms with E-state index >= 15 is 0 Å². The molecule has 0 aliphatic carbocycles. The fourth-order valence-corrected chi connectivity index (χ4v) is 4.62. The predicted octanol–water partition coefficient (Wildman–Crippen LogP) is 1.59. The summed E-state index contributed by atoms with van der Waals surface area (Å²) >= 11 is 2.94. The molecule has 1 unspecified atom stereocenters. The Kier molecular flexibility index (Phi) is 3.66. The van der Waals surface area contributed by atoms with Crippen LogP contribution in [0.4, 0.5) is 0 Å². The molecule has 112 valence electrons. The van der Waals surface area contributed by atoms with Crippen LogP contribution < -0.4 is 0 Å². The highest BCUT2D eigenvalue weighted by atomic mass is 32.2. The van der Waals surface area contributed by atoms with E-state index in [1.165, 1.54) is 16.2 Å². The number of aryl methyl sites for hydroxylation is 2. The van der Waals surface area contributed by atoms with Crippen LogP contribution in [0.3, 0.4) is 0 Å². The Bertz CT molecular complexity index is 687. The topological polar surface area (TPSA) is 75.4 Å². The van der Waals surface area contributed by atoms with Gasteiger partial charge in [-0.3, -0.25) is 9.48 Å². The van der Waals surface area contributed by atoms with E-state index in [9.17, 15) is 14.7 Å². The van der Waals surface area contributed by atoms with Crippen LogP contribution in [-0.2, 0) is 11.8 Å². The predicted molar refractivity (Wildman–Crippen MR) is 83.1 cm³/mol. The quantitative estimate of drug-likeness (QED) is 0.907. The average molecular weight is 325 g/mol. The summed E-state index contributed by atoms with van der Waals surface area (Å²) in [5, 5.41) is 14.5. The summed E-state index contributed by atoms with van der Waals surface area (Å²) in [6.45, 7) is 2.38. The highest BCUT2D eigenvalue weighted by Gasteiger charge is 2.33. The van der Waals surface area contributed by atoms with E-state index in [0.717, 1.165) is 21.7 Å². The molecule has 6 nitrogen and oxygen atoms in total. The normalized spacial score (nSPS) is 19.1. The first-order valence-electron chi connectivity index (χ1n) is 6.53. The summed E-state index contributed by atoms with van der Waals surface area (Å²) < 4.78 is 1.76. The van der Waals surface area contributed by atoms with E-state index in [1.54, 1.807) is 16.4 Å². The molecule has 21 heavy (non-hydrogen) atoms. The van der Waals surface area contributed by atoms with Crippen LogP contribution in [0.15, 0.2) is 6.07 Å². The van der Waals surface area contributed by atoms with Gasteiger partial charge in [0.1, 0.15) is 10.9 Å². The summed E-state index contributed by atoms with van der Waals surface area (Å²) in [5.41, 5.74) is 0.881. The SMILES string of the molecule is Cc1nn(C)c2sc(C(=O)N3CCSCC3C(=O)O)cc12. The van der Waals surface area contributed by atoms with Crippen LogP contribution in [0.2, 0.25) is 0 Å². The molecule has 1 atom stereocenters. The number of amides is 1. The van der Waals surface area contributed by atoms with Crippen LogP contribution in [0.25, 0.3) is 10.2 Å². The van der Waals surface area contributed by atoms with Crippen molar-refractivity contribution < 1.29 is 14.7 Å². The maximum Gasteiger partial charge on any atom is 0.327 e. The molecule has 0 bridgehead atoms. The van der Waals surface area contributed by atoms with E-state index in [2.05, 4.69) is 5.10 Å².